The molecule has 5 nitrogen and oxygen atoms in total. The summed E-state index contributed by atoms with van der Waals surface area (Å²) in [6.07, 6.45) is 2.89. The van der Waals surface area contributed by atoms with Crippen LogP contribution in [0.15, 0.2) is 17.4 Å². The molecule has 0 aliphatic heterocycles. The summed E-state index contributed by atoms with van der Waals surface area (Å²) in [5.41, 5.74) is 0.804. The lowest BCUT2D eigenvalue weighted by atomic mass is 10.6. The zero-order valence-corrected chi connectivity index (χ0v) is 7.44. The van der Waals surface area contributed by atoms with Crippen LogP contribution in [0.4, 0.5) is 0 Å². The smallest absolute Gasteiger partial charge is 0.277 e. The molecule has 0 radical (unpaired) electrons. The molecule has 0 atom stereocenters. The SMILES string of the molecule is O=c1[nH]cnc2ncn(I)c12. The van der Waals surface area contributed by atoms with Crippen LogP contribution >= 0.6 is 22.9 Å². The minimum atomic E-state index is -0.165. The lowest BCUT2D eigenvalue weighted by Gasteiger charge is -1.86. The van der Waals surface area contributed by atoms with Gasteiger partial charge in [-0.2, -0.15) is 0 Å². The standard InChI is InChI=1S/C5H3IN4O/c6-10-2-9-4-3(10)5(11)8-1-7-4/h1-2H,(H,7,8,11). The molecular formula is C5H3IN4O. The Bertz CT molecular complexity index is 445. The normalized spacial score (nSPS) is 10.6. The molecular weight excluding hydrogens is 259 g/mol. The van der Waals surface area contributed by atoms with E-state index >= 15 is 0 Å². The summed E-state index contributed by atoms with van der Waals surface area (Å²) >= 11 is 1.97. The van der Waals surface area contributed by atoms with E-state index in [0.717, 1.165) is 0 Å². The van der Waals surface area contributed by atoms with Crippen molar-refractivity contribution in [1.29, 1.82) is 0 Å². The highest BCUT2D eigenvalue weighted by Gasteiger charge is 2.03. The second-order valence-corrected chi connectivity index (χ2v) is 3.00. The minimum absolute atomic E-state index is 0.165. The molecule has 0 amide bonds. The number of aromatic amines is 1. The van der Waals surface area contributed by atoms with E-state index in [1.54, 1.807) is 9.11 Å². The summed E-state index contributed by atoms with van der Waals surface area (Å²) in [4.78, 5) is 21.3. The van der Waals surface area contributed by atoms with E-state index in [9.17, 15) is 4.79 Å². The molecule has 0 saturated carbocycles. The van der Waals surface area contributed by atoms with Crippen LogP contribution < -0.4 is 5.56 Å². The van der Waals surface area contributed by atoms with Gasteiger partial charge in [0.05, 0.1) is 29.2 Å². The molecule has 2 heterocycles. The van der Waals surface area contributed by atoms with Crippen molar-refractivity contribution in [2.45, 2.75) is 0 Å². The second-order valence-electron chi connectivity index (χ2n) is 1.96. The molecule has 6 heteroatoms. The molecule has 0 aromatic carbocycles. The van der Waals surface area contributed by atoms with Crippen molar-refractivity contribution in [3.8, 4) is 0 Å². The molecule has 2 aromatic heterocycles. The predicted octanol–water partition coefficient (Wildman–Crippen LogP) is 0.318. The van der Waals surface area contributed by atoms with Crippen LogP contribution in [0, 0.1) is 0 Å². The van der Waals surface area contributed by atoms with Gasteiger partial charge in [-0.15, -0.1) is 0 Å². The van der Waals surface area contributed by atoms with Crippen molar-refractivity contribution in [1.82, 2.24) is 17.7 Å². The lowest BCUT2D eigenvalue weighted by molar-refractivity contribution is 1.15. The quantitative estimate of drug-likeness (QED) is 0.695. The Balaban J connectivity index is 3.08. The van der Waals surface area contributed by atoms with Crippen LogP contribution in [-0.4, -0.2) is 17.7 Å². The van der Waals surface area contributed by atoms with Gasteiger partial charge < -0.3 is 4.98 Å². The van der Waals surface area contributed by atoms with Crippen molar-refractivity contribution in [3.05, 3.63) is 23.0 Å². The Kier molecular flexibility index (Phi) is 1.41. The van der Waals surface area contributed by atoms with Crippen LogP contribution in [0.3, 0.4) is 0 Å². The van der Waals surface area contributed by atoms with Gasteiger partial charge in [0.15, 0.2) is 11.2 Å². The summed E-state index contributed by atoms with van der Waals surface area (Å²) < 4.78 is 1.61. The van der Waals surface area contributed by atoms with Gasteiger partial charge in [0.25, 0.3) is 5.56 Å². The van der Waals surface area contributed by atoms with Crippen LogP contribution in [0.2, 0.25) is 0 Å². The van der Waals surface area contributed by atoms with E-state index in [1.165, 1.54) is 6.33 Å². The number of nitrogens with zero attached hydrogens (tertiary/aromatic N) is 3. The summed E-state index contributed by atoms with van der Waals surface area (Å²) in [7, 11) is 0. The first-order valence-electron chi connectivity index (χ1n) is 2.86. The Labute approximate surface area is 75.0 Å². The first-order valence-corrected chi connectivity index (χ1v) is 3.82. The molecule has 2 rings (SSSR count). The number of hydrogen-bond donors (Lipinski definition) is 1. The molecule has 0 fully saturated rings. The highest BCUT2D eigenvalue weighted by Crippen LogP contribution is 2.05. The molecule has 0 aliphatic carbocycles. The van der Waals surface area contributed by atoms with E-state index in [-0.39, 0.29) is 5.56 Å². The number of halogens is 1. The largest absolute Gasteiger partial charge is 0.311 e. The maximum atomic E-state index is 11.1. The van der Waals surface area contributed by atoms with E-state index in [2.05, 4.69) is 15.0 Å². The summed E-state index contributed by atoms with van der Waals surface area (Å²) in [5, 5.41) is 0. The van der Waals surface area contributed by atoms with E-state index in [1.807, 2.05) is 22.9 Å². The van der Waals surface area contributed by atoms with Gasteiger partial charge >= 0.3 is 0 Å². The van der Waals surface area contributed by atoms with E-state index in [0.29, 0.717) is 11.2 Å². The Hall–Kier alpha value is -0.920. The third-order valence-corrected chi connectivity index (χ3v) is 2.04. The van der Waals surface area contributed by atoms with Crippen molar-refractivity contribution in [3.63, 3.8) is 0 Å². The summed E-state index contributed by atoms with van der Waals surface area (Å²) in [6.45, 7) is 0. The molecule has 2 aromatic rings. The maximum Gasteiger partial charge on any atom is 0.277 e. The Morgan fingerprint density at radius 2 is 2.36 bits per heavy atom. The van der Waals surface area contributed by atoms with Gasteiger partial charge in [0.2, 0.25) is 0 Å². The molecule has 0 unspecified atom stereocenters. The van der Waals surface area contributed by atoms with Crippen molar-refractivity contribution < 1.29 is 0 Å². The first-order chi connectivity index (χ1) is 5.29. The van der Waals surface area contributed by atoms with Crippen molar-refractivity contribution in [2.24, 2.45) is 0 Å². The Morgan fingerprint density at radius 3 is 3.09 bits per heavy atom. The third kappa shape index (κ3) is 0.934. The number of aromatic nitrogens is 4. The highest BCUT2D eigenvalue weighted by atomic mass is 127. The monoisotopic (exact) mass is 262 g/mol. The van der Waals surface area contributed by atoms with Crippen LogP contribution in [0.1, 0.15) is 0 Å². The fourth-order valence-electron chi connectivity index (χ4n) is 0.833. The van der Waals surface area contributed by atoms with Gasteiger partial charge in [0.1, 0.15) is 6.33 Å². The van der Waals surface area contributed by atoms with Crippen LogP contribution in [0.5, 0.6) is 0 Å². The minimum Gasteiger partial charge on any atom is -0.311 e. The van der Waals surface area contributed by atoms with E-state index in [4.69, 9.17) is 0 Å². The fourth-order valence-corrected chi connectivity index (χ4v) is 1.39. The zero-order valence-electron chi connectivity index (χ0n) is 5.28. The molecule has 0 aliphatic rings. The van der Waals surface area contributed by atoms with Gasteiger partial charge in [0, 0.05) is 0 Å². The van der Waals surface area contributed by atoms with Gasteiger partial charge in [-0.3, -0.25) is 7.58 Å². The Morgan fingerprint density at radius 1 is 1.55 bits per heavy atom. The maximum absolute atomic E-state index is 11.1. The molecule has 1 N–H and O–H groups in total. The highest BCUT2D eigenvalue weighted by molar-refractivity contribution is 14.1. The average Bonchev–Trinajstić information content (AvgIpc) is 2.34. The van der Waals surface area contributed by atoms with Crippen LogP contribution in [0.25, 0.3) is 11.2 Å². The molecule has 11 heavy (non-hydrogen) atoms. The van der Waals surface area contributed by atoms with Crippen molar-refractivity contribution in [2.75, 3.05) is 0 Å². The lowest BCUT2D eigenvalue weighted by Crippen LogP contribution is -2.07. The van der Waals surface area contributed by atoms with Gasteiger partial charge in [-0.25, -0.2) is 9.97 Å². The number of H-pyrrole nitrogens is 1. The molecule has 0 spiro atoms. The summed E-state index contributed by atoms with van der Waals surface area (Å²) in [6, 6.07) is 0. The van der Waals surface area contributed by atoms with Gasteiger partial charge in [-0.05, 0) is 0 Å². The number of hydrogen-bond acceptors (Lipinski definition) is 3. The third-order valence-electron chi connectivity index (χ3n) is 1.30. The number of rotatable bonds is 0. The number of fused-ring (bicyclic) bond motifs is 1. The van der Waals surface area contributed by atoms with E-state index < -0.39 is 0 Å². The number of nitrogens with one attached hydrogen (secondary N) is 1. The fraction of sp³-hybridized carbons (Fsp3) is 0. The van der Waals surface area contributed by atoms with Crippen LogP contribution in [-0.2, 0) is 0 Å². The second kappa shape index (κ2) is 2.29. The summed E-state index contributed by atoms with van der Waals surface area (Å²) in [5.74, 6) is 0. The predicted molar refractivity (Wildman–Crippen MR) is 47.6 cm³/mol. The number of imidazole rings is 1. The zero-order chi connectivity index (χ0) is 7.84. The molecule has 0 bridgehead atoms. The van der Waals surface area contributed by atoms with Crippen molar-refractivity contribution >= 4 is 34.0 Å². The van der Waals surface area contributed by atoms with Gasteiger partial charge in [-0.1, -0.05) is 0 Å². The molecule has 56 valence electrons. The average molecular weight is 262 g/mol. The molecule has 0 saturated heterocycles. The topological polar surface area (TPSA) is 63.6 Å². The first kappa shape index (κ1) is 6.77.